The topological polar surface area (TPSA) is 19.4 Å². The number of benzene rings is 2. The summed E-state index contributed by atoms with van der Waals surface area (Å²) in [4.78, 5) is 9.92. The first-order valence-corrected chi connectivity index (χ1v) is 10.9. The average molecular weight is 400 g/mol. The molecule has 1 saturated heterocycles. The van der Waals surface area contributed by atoms with Gasteiger partial charge in [-0.1, -0.05) is 53.3 Å². The molecule has 0 radical (unpaired) electrons. The number of nitrogens with zero attached hydrogens (tertiary/aromatic N) is 3. The number of fused-ring (bicyclic) bond motifs is 1. The Kier molecular flexibility index (Phi) is 5.67. The Morgan fingerprint density at radius 1 is 1.15 bits per heavy atom. The lowest BCUT2D eigenvalue weighted by molar-refractivity contribution is 0.122. The Balaban J connectivity index is 1.43. The second-order valence-electron chi connectivity index (χ2n) is 7.58. The first-order valence-electron chi connectivity index (χ1n) is 9.71. The molecular weight excluding hydrogens is 374 g/mol. The summed E-state index contributed by atoms with van der Waals surface area (Å²) in [5.74, 6) is 0. The Labute approximate surface area is 170 Å². The summed E-state index contributed by atoms with van der Waals surface area (Å²) in [7, 11) is 0. The van der Waals surface area contributed by atoms with Gasteiger partial charge in [-0.05, 0) is 50.5 Å². The highest BCUT2D eigenvalue weighted by atomic mass is 35.5. The van der Waals surface area contributed by atoms with Gasteiger partial charge in [-0.25, -0.2) is 4.98 Å². The van der Waals surface area contributed by atoms with Crippen LogP contribution in [0.4, 0.5) is 5.13 Å². The predicted octanol–water partition coefficient (Wildman–Crippen LogP) is 5.83. The molecule has 0 bridgehead atoms. The number of rotatable bonds is 5. The van der Waals surface area contributed by atoms with Crippen molar-refractivity contribution in [1.82, 2.24) is 9.88 Å². The second-order valence-corrected chi connectivity index (χ2v) is 9.02. The fourth-order valence-electron chi connectivity index (χ4n) is 3.94. The minimum Gasteiger partial charge on any atom is -0.348 e. The summed E-state index contributed by atoms with van der Waals surface area (Å²) >= 11 is 7.88. The molecule has 1 fully saturated rings. The number of thiazole rings is 1. The molecule has 1 aliphatic heterocycles. The zero-order chi connectivity index (χ0) is 18.8. The normalized spacial score (nSPS) is 16.0. The third kappa shape index (κ3) is 4.29. The molecule has 3 aromatic rings. The minimum absolute atomic E-state index is 0.548. The number of halogens is 1. The highest BCUT2D eigenvalue weighted by molar-refractivity contribution is 7.22. The van der Waals surface area contributed by atoms with Gasteiger partial charge in [0, 0.05) is 36.7 Å². The summed E-state index contributed by atoms with van der Waals surface area (Å²) in [5, 5.41) is 1.91. The molecule has 4 rings (SSSR count). The molecular formula is C22H26ClN3S. The molecule has 0 aliphatic carbocycles. The maximum Gasteiger partial charge on any atom is 0.186 e. The van der Waals surface area contributed by atoms with Gasteiger partial charge in [0.1, 0.15) is 0 Å². The molecule has 0 unspecified atom stereocenters. The number of hydrogen-bond donors (Lipinski definition) is 0. The van der Waals surface area contributed by atoms with Crippen molar-refractivity contribution in [2.75, 3.05) is 18.0 Å². The van der Waals surface area contributed by atoms with Crippen LogP contribution in [0.1, 0.15) is 32.3 Å². The quantitative estimate of drug-likeness (QED) is 0.538. The fourth-order valence-corrected chi connectivity index (χ4v) is 5.23. The highest BCUT2D eigenvalue weighted by Crippen LogP contribution is 2.33. The highest BCUT2D eigenvalue weighted by Gasteiger charge is 2.27. The van der Waals surface area contributed by atoms with Crippen molar-refractivity contribution < 1.29 is 0 Å². The molecule has 27 heavy (non-hydrogen) atoms. The third-order valence-electron chi connectivity index (χ3n) is 5.41. The van der Waals surface area contributed by atoms with Crippen molar-refractivity contribution in [1.29, 1.82) is 0 Å². The summed E-state index contributed by atoms with van der Waals surface area (Å²) in [6, 6.07) is 18.0. The Morgan fingerprint density at radius 2 is 1.89 bits per heavy atom. The standard InChI is InChI=1S/C22H26ClN3S/c1-16(2)26(15-17-6-4-3-5-7-17)19-10-12-25(13-11-19)22-24-20-9-8-18(23)14-21(20)27-22/h3-9,14,16,19H,10-13,15H2,1-2H3. The summed E-state index contributed by atoms with van der Waals surface area (Å²) < 4.78 is 1.17. The molecule has 142 valence electrons. The van der Waals surface area contributed by atoms with Gasteiger partial charge in [-0.2, -0.15) is 0 Å². The molecule has 2 aromatic carbocycles. The third-order valence-corrected chi connectivity index (χ3v) is 6.73. The molecule has 0 N–H and O–H groups in total. The number of anilines is 1. The van der Waals surface area contributed by atoms with Gasteiger partial charge in [0.05, 0.1) is 10.2 Å². The van der Waals surface area contributed by atoms with Gasteiger partial charge in [0.25, 0.3) is 0 Å². The number of piperidine rings is 1. The van der Waals surface area contributed by atoms with E-state index in [9.17, 15) is 0 Å². The summed E-state index contributed by atoms with van der Waals surface area (Å²) in [5.41, 5.74) is 2.45. The van der Waals surface area contributed by atoms with Crippen molar-refractivity contribution in [2.24, 2.45) is 0 Å². The zero-order valence-corrected chi connectivity index (χ0v) is 17.5. The van der Waals surface area contributed by atoms with Crippen LogP contribution in [0.2, 0.25) is 5.02 Å². The van der Waals surface area contributed by atoms with Gasteiger partial charge in [-0.3, -0.25) is 4.90 Å². The van der Waals surface area contributed by atoms with Crippen LogP contribution < -0.4 is 4.90 Å². The molecule has 0 spiro atoms. The first kappa shape index (κ1) is 18.7. The van der Waals surface area contributed by atoms with Crippen LogP contribution in [0, 0.1) is 0 Å². The first-order chi connectivity index (χ1) is 13.1. The van der Waals surface area contributed by atoms with Crippen LogP contribution >= 0.6 is 22.9 Å². The van der Waals surface area contributed by atoms with Crippen LogP contribution in [-0.2, 0) is 6.54 Å². The molecule has 0 saturated carbocycles. The van der Waals surface area contributed by atoms with Gasteiger partial charge < -0.3 is 4.90 Å². The van der Waals surface area contributed by atoms with Crippen LogP contribution in [0.15, 0.2) is 48.5 Å². The lowest BCUT2D eigenvalue weighted by atomic mass is 10.0. The molecule has 2 heterocycles. The zero-order valence-electron chi connectivity index (χ0n) is 15.9. The van der Waals surface area contributed by atoms with Crippen molar-refractivity contribution in [3.8, 4) is 0 Å². The maximum absolute atomic E-state index is 6.12. The van der Waals surface area contributed by atoms with Gasteiger partial charge in [-0.15, -0.1) is 0 Å². The molecule has 3 nitrogen and oxygen atoms in total. The SMILES string of the molecule is CC(C)N(Cc1ccccc1)C1CCN(c2nc3ccc(Cl)cc3s2)CC1. The predicted molar refractivity (Wildman–Crippen MR) is 117 cm³/mol. The second kappa shape index (κ2) is 8.17. The molecule has 0 atom stereocenters. The van der Waals surface area contributed by atoms with E-state index in [-0.39, 0.29) is 0 Å². The molecule has 1 aliphatic rings. The van der Waals surface area contributed by atoms with E-state index in [0.29, 0.717) is 12.1 Å². The van der Waals surface area contributed by atoms with Crippen LogP contribution in [0.5, 0.6) is 0 Å². The Hall–Kier alpha value is -1.62. The monoisotopic (exact) mass is 399 g/mol. The van der Waals surface area contributed by atoms with Crippen LogP contribution in [0.25, 0.3) is 10.2 Å². The fraction of sp³-hybridized carbons (Fsp3) is 0.409. The molecule has 0 amide bonds. The van der Waals surface area contributed by atoms with Gasteiger partial charge in [0.2, 0.25) is 0 Å². The van der Waals surface area contributed by atoms with Crippen LogP contribution in [-0.4, -0.2) is 35.1 Å². The van der Waals surface area contributed by atoms with E-state index in [1.807, 2.05) is 18.2 Å². The van der Waals surface area contributed by atoms with E-state index in [4.69, 9.17) is 16.6 Å². The Bertz CT molecular complexity index is 885. The van der Waals surface area contributed by atoms with Crippen molar-refractivity contribution >= 4 is 38.3 Å². The number of hydrogen-bond acceptors (Lipinski definition) is 4. The lowest BCUT2D eigenvalue weighted by Gasteiger charge is -2.40. The van der Waals surface area contributed by atoms with Crippen molar-refractivity contribution in [3.05, 3.63) is 59.1 Å². The van der Waals surface area contributed by atoms with Gasteiger partial charge >= 0.3 is 0 Å². The minimum atomic E-state index is 0.548. The van der Waals surface area contributed by atoms with E-state index in [1.165, 1.54) is 23.1 Å². The van der Waals surface area contributed by atoms with E-state index in [0.717, 1.165) is 35.3 Å². The van der Waals surface area contributed by atoms with E-state index >= 15 is 0 Å². The largest absolute Gasteiger partial charge is 0.348 e. The summed E-state index contributed by atoms with van der Waals surface area (Å²) in [6.45, 7) is 7.79. The summed E-state index contributed by atoms with van der Waals surface area (Å²) in [6.07, 6.45) is 2.36. The molecule has 5 heteroatoms. The van der Waals surface area contributed by atoms with E-state index < -0.39 is 0 Å². The van der Waals surface area contributed by atoms with Gasteiger partial charge in [0.15, 0.2) is 5.13 Å². The maximum atomic E-state index is 6.12. The van der Waals surface area contributed by atoms with Crippen molar-refractivity contribution in [2.45, 2.75) is 45.3 Å². The van der Waals surface area contributed by atoms with Crippen LogP contribution in [0.3, 0.4) is 0 Å². The smallest absolute Gasteiger partial charge is 0.186 e. The van der Waals surface area contributed by atoms with E-state index in [2.05, 4.69) is 54.0 Å². The van der Waals surface area contributed by atoms with Crippen molar-refractivity contribution in [3.63, 3.8) is 0 Å². The Morgan fingerprint density at radius 3 is 2.59 bits per heavy atom. The average Bonchev–Trinajstić information content (AvgIpc) is 3.10. The molecule has 1 aromatic heterocycles. The number of aromatic nitrogens is 1. The lowest BCUT2D eigenvalue weighted by Crippen LogP contribution is -2.47. The van der Waals surface area contributed by atoms with E-state index in [1.54, 1.807) is 11.3 Å².